The lowest BCUT2D eigenvalue weighted by Crippen LogP contribution is -2.18. The van der Waals surface area contributed by atoms with Crippen molar-refractivity contribution in [3.05, 3.63) is 69.7 Å². The van der Waals surface area contributed by atoms with Gasteiger partial charge in [-0.3, -0.25) is 0 Å². The number of hydrogen-bond donors (Lipinski definition) is 1. The van der Waals surface area contributed by atoms with Crippen molar-refractivity contribution in [2.24, 2.45) is 0 Å². The second kappa shape index (κ2) is 7.60. The highest BCUT2D eigenvalue weighted by Gasteiger charge is 2.15. The molecule has 0 bridgehead atoms. The quantitative estimate of drug-likeness (QED) is 0.866. The number of halogens is 1. The molecule has 1 atom stereocenters. The van der Waals surface area contributed by atoms with Crippen LogP contribution in [0.3, 0.4) is 0 Å². The topological polar surface area (TPSA) is 21.3 Å². The summed E-state index contributed by atoms with van der Waals surface area (Å²) in [5, 5.41) is 4.15. The van der Waals surface area contributed by atoms with Gasteiger partial charge in [0.05, 0.1) is 12.6 Å². The van der Waals surface area contributed by atoms with E-state index in [9.17, 15) is 0 Å². The van der Waals surface area contributed by atoms with Crippen LogP contribution in [0.15, 0.2) is 42.5 Å². The van der Waals surface area contributed by atoms with E-state index in [0.29, 0.717) is 0 Å². The van der Waals surface area contributed by atoms with Crippen LogP contribution in [0.1, 0.15) is 28.3 Å². The van der Waals surface area contributed by atoms with Crippen LogP contribution in [0.5, 0.6) is 0 Å². The van der Waals surface area contributed by atoms with Gasteiger partial charge in [-0.15, -0.1) is 0 Å². The lowest BCUT2D eigenvalue weighted by atomic mass is 9.96. The summed E-state index contributed by atoms with van der Waals surface area (Å²) in [6.07, 6.45) is 0.937. The molecule has 0 fully saturated rings. The predicted octanol–water partition coefficient (Wildman–Crippen LogP) is 4.15. The molecule has 112 valence electrons. The van der Waals surface area contributed by atoms with Gasteiger partial charge in [-0.1, -0.05) is 48.0 Å². The van der Waals surface area contributed by atoms with Crippen LogP contribution in [-0.4, -0.2) is 20.8 Å². The van der Waals surface area contributed by atoms with E-state index in [1.54, 1.807) is 7.11 Å². The van der Waals surface area contributed by atoms with E-state index in [4.69, 9.17) is 16.3 Å². The van der Waals surface area contributed by atoms with Crippen molar-refractivity contribution >= 4 is 11.6 Å². The van der Waals surface area contributed by atoms with Crippen LogP contribution in [0, 0.1) is 6.92 Å². The van der Waals surface area contributed by atoms with Crippen molar-refractivity contribution in [3.63, 3.8) is 0 Å². The Bertz CT molecular complexity index is 580. The van der Waals surface area contributed by atoms with Gasteiger partial charge in [0, 0.05) is 12.1 Å². The van der Waals surface area contributed by atoms with Gasteiger partial charge in [0.2, 0.25) is 0 Å². The van der Waals surface area contributed by atoms with E-state index in [0.717, 1.165) is 23.6 Å². The van der Waals surface area contributed by atoms with Gasteiger partial charge in [-0.2, -0.15) is 0 Å². The molecule has 2 rings (SSSR count). The van der Waals surface area contributed by atoms with Gasteiger partial charge >= 0.3 is 0 Å². The molecular weight excluding hydrogens is 282 g/mol. The maximum absolute atomic E-state index is 6.40. The lowest BCUT2D eigenvalue weighted by molar-refractivity contribution is 0.202. The summed E-state index contributed by atoms with van der Waals surface area (Å²) in [6.45, 7) is 2.80. The molecule has 3 heteroatoms. The molecule has 0 saturated carbocycles. The zero-order chi connectivity index (χ0) is 15.2. The number of aryl methyl sites for hydroxylation is 1. The average Bonchev–Trinajstić information content (AvgIpc) is 2.49. The molecular formula is C18H22ClNO. The smallest absolute Gasteiger partial charge is 0.0589 e. The summed E-state index contributed by atoms with van der Waals surface area (Å²) in [6, 6.07) is 14.9. The first kappa shape index (κ1) is 16.0. The fraction of sp³-hybridized carbons (Fsp3) is 0.333. The first-order chi connectivity index (χ1) is 10.2. The van der Waals surface area contributed by atoms with Crippen LogP contribution < -0.4 is 5.32 Å². The number of benzene rings is 2. The van der Waals surface area contributed by atoms with Gasteiger partial charge in [0.15, 0.2) is 0 Å². The van der Waals surface area contributed by atoms with Crippen LogP contribution in [0.25, 0.3) is 0 Å². The summed E-state index contributed by atoms with van der Waals surface area (Å²) in [5.74, 6) is 0. The minimum Gasteiger partial charge on any atom is -0.384 e. The first-order valence-corrected chi connectivity index (χ1v) is 7.54. The van der Waals surface area contributed by atoms with E-state index in [1.165, 1.54) is 16.7 Å². The first-order valence-electron chi connectivity index (χ1n) is 7.16. The molecule has 2 aromatic carbocycles. The van der Waals surface area contributed by atoms with Crippen molar-refractivity contribution in [3.8, 4) is 0 Å². The third kappa shape index (κ3) is 4.07. The highest BCUT2D eigenvalue weighted by atomic mass is 35.5. The van der Waals surface area contributed by atoms with E-state index in [1.807, 2.05) is 13.1 Å². The molecule has 1 N–H and O–H groups in total. The minimum atomic E-state index is 0.106. The average molecular weight is 304 g/mol. The van der Waals surface area contributed by atoms with E-state index in [-0.39, 0.29) is 6.04 Å². The van der Waals surface area contributed by atoms with Gasteiger partial charge in [-0.05, 0) is 48.7 Å². The van der Waals surface area contributed by atoms with E-state index < -0.39 is 0 Å². The van der Waals surface area contributed by atoms with Gasteiger partial charge in [-0.25, -0.2) is 0 Å². The molecule has 0 heterocycles. The van der Waals surface area contributed by atoms with Crippen molar-refractivity contribution in [2.45, 2.75) is 19.4 Å². The van der Waals surface area contributed by atoms with Crippen LogP contribution >= 0.6 is 11.6 Å². The highest BCUT2D eigenvalue weighted by molar-refractivity contribution is 6.31. The molecule has 0 aliphatic carbocycles. The highest BCUT2D eigenvalue weighted by Crippen LogP contribution is 2.29. The monoisotopic (exact) mass is 303 g/mol. The normalized spacial score (nSPS) is 12.4. The zero-order valence-corrected chi connectivity index (χ0v) is 13.6. The molecule has 2 nitrogen and oxygen atoms in total. The molecule has 2 aromatic rings. The van der Waals surface area contributed by atoms with E-state index in [2.05, 4.69) is 48.6 Å². The standard InChI is InChI=1S/C18H22ClNO/c1-13-4-9-16(17(19)12-13)18(20-2)15-7-5-14(6-8-15)10-11-21-3/h4-9,12,18,20H,10-11H2,1-3H3. The summed E-state index contributed by atoms with van der Waals surface area (Å²) < 4.78 is 5.11. The Morgan fingerprint density at radius 1 is 1.14 bits per heavy atom. The Morgan fingerprint density at radius 2 is 1.86 bits per heavy atom. The third-order valence-electron chi connectivity index (χ3n) is 3.66. The molecule has 0 saturated heterocycles. The van der Waals surface area contributed by atoms with Crippen molar-refractivity contribution < 1.29 is 4.74 Å². The number of nitrogens with one attached hydrogen (secondary N) is 1. The van der Waals surface area contributed by atoms with Crippen LogP contribution in [0.4, 0.5) is 0 Å². The fourth-order valence-electron chi connectivity index (χ4n) is 2.46. The van der Waals surface area contributed by atoms with Crippen LogP contribution in [0.2, 0.25) is 5.02 Å². The Morgan fingerprint density at radius 3 is 2.43 bits per heavy atom. The largest absolute Gasteiger partial charge is 0.384 e. The number of hydrogen-bond acceptors (Lipinski definition) is 2. The van der Waals surface area contributed by atoms with Crippen molar-refractivity contribution in [2.75, 3.05) is 20.8 Å². The second-order valence-corrected chi connectivity index (χ2v) is 5.64. The number of methoxy groups -OCH3 is 1. The Hall–Kier alpha value is -1.35. The minimum absolute atomic E-state index is 0.106. The summed E-state index contributed by atoms with van der Waals surface area (Å²) in [5.41, 5.74) is 4.78. The summed E-state index contributed by atoms with van der Waals surface area (Å²) in [4.78, 5) is 0. The number of rotatable bonds is 6. The van der Waals surface area contributed by atoms with Crippen molar-refractivity contribution in [1.29, 1.82) is 0 Å². The zero-order valence-electron chi connectivity index (χ0n) is 12.8. The van der Waals surface area contributed by atoms with Gasteiger partial charge < -0.3 is 10.1 Å². The summed E-state index contributed by atoms with van der Waals surface area (Å²) in [7, 11) is 3.69. The molecule has 0 aliphatic heterocycles. The fourth-order valence-corrected chi connectivity index (χ4v) is 2.81. The Kier molecular flexibility index (Phi) is 5.80. The Labute approximate surface area is 132 Å². The van der Waals surface area contributed by atoms with Gasteiger partial charge in [0.1, 0.15) is 0 Å². The number of ether oxygens (including phenoxy) is 1. The Balaban J connectivity index is 2.24. The predicted molar refractivity (Wildman–Crippen MR) is 89.1 cm³/mol. The summed E-state index contributed by atoms with van der Waals surface area (Å²) >= 11 is 6.40. The molecule has 0 aromatic heterocycles. The third-order valence-corrected chi connectivity index (χ3v) is 3.99. The molecule has 21 heavy (non-hydrogen) atoms. The van der Waals surface area contributed by atoms with Crippen LogP contribution in [-0.2, 0) is 11.2 Å². The van der Waals surface area contributed by atoms with Gasteiger partial charge in [0.25, 0.3) is 0 Å². The lowest BCUT2D eigenvalue weighted by Gasteiger charge is -2.19. The van der Waals surface area contributed by atoms with E-state index >= 15 is 0 Å². The van der Waals surface area contributed by atoms with Crippen molar-refractivity contribution in [1.82, 2.24) is 5.32 Å². The maximum atomic E-state index is 6.40. The molecule has 0 radical (unpaired) electrons. The SMILES string of the molecule is CNC(c1ccc(CCOC)cc1)c1ccc(C)cc1Cl. The maximum Gasteiger partial charge on any atom is 0.0589 e. The molecule has 0 spiro atoms. The molecule has 1 unspecified atom stereocenters. The molecule has 0 amide bonds. The second-order valence-electron chi connectivity index (χ2n) is 5.23. The molecule has 0 aliphatic rings.